The second kappa shape index (κ2) is 3.97. The molecule has 0 aliphatic carbocycles. The van der Waals surface area contributed by atoms with E-state index in [9.17, 15) is 0 Å². The molecule has 15 heavy (non-hydrogen) atoms. The van der Waals surface area contributed by atoms with Gasteiger partial charge in [-0.25, -0.2) is 0 Å². The molecule has 1 heterocycles. The fraction of sp³-hybridized carbons (Fsp3) is 0.167. The van der Waals surface area contributed by atoms with Gasteiger partial charge in [-0.05, 0) is 30.7 Å². The molecule has 0 N–H and O–H groups in total. The standard InChI is InChI=1S/C12H11N3/c1-10-11(8-13)4-2-5-12(10)15-7-3-6-14-9-15/h2-7H,9H2,1H3. The minimum Gasteiger partial charge on any atom is -0.328 e. The molecule has 0 bridgehead atoms. The molecule has 3 nitrogen and oxygen atoms in total. The van der Waals surface area contributed by atoms with Crippen LogP contribution >= 0.6 is 0 Å². The second-order valence-electron chi connectivity index (χ2n) is 3.35. The van der Waals surface area contributed by atoms with Crippen molar-refractivity contribution in [3.05, 3.63) is 41.6 Å². The Bertz CT molecular complexity index is 466. The molecule has 0 aromatic heterocycles. The average Bonchev–Trinajstić information content (AvgIpc) is 2.30. The van der Waals surface area contributed by atoms with E-state index in [4.69, 9.17) is 5.26 Å². The van der Waals surface area contributed by atoms with Crippen molar-refractivity contribution in [1.82, 2.24) is 0 Å². The van der Waals surface area contributed by atoms with E-state index in [2.05, 4.69) is 11.1 Å². The molecule has 0 atom stereocenters. The lowest BCUT2D eigenvalue weighted by Gasteiger charge is -2.22. The number of hydrogen-bond donors (Lipinski definition) is 0. The van der Waals surface area contributed by atoms with Gasteiger partial charge in [-0.2, -0.15) is 5.26 Å². The summed E-state index contributed by atoms with van der Waals surface area (Å²) in [6.07, 6.45) is 5.64. The fourth-order valence-electron chi connectivity index (χ4n) is 1.60. The van der Waals surface area contributed by atoms with Crippen LogP contribution in [0.2, 0.25) is 0 Å². The van der Waals surface area contributed by atoms with Crippen molar-refractivity contribution in [2.75, 3.05) is 11.6 Å². The number of benzene rings is 1. The molecule has 3 heteroatoms. The highest BCUT2D eigenvalue weighted by molar-refractivity contribution is 5.74. The van der Waals surface area contributed by atoms with Gasteiger partial charge in [0.15, 0.2) is 0 Å². The van der Waals surface area contributed by atoms with Crippen LogP contribution in [0.5, 0.6) is 0 Å². The van der Waals surface area contributed by atoms with E-state index < -0.39 is 0 Å². The third kappa shape index (κ3) is 1.75. The predicted molar refractivity (Wildman–Crippen MR) is 60.9 cm³/mol. The van der Waals surface area contributed by atoms with Gasteiger partial charge < -0.3 is 4.90 Å². The van der Waals surface area contributed by atoms with Crippen molar-refractivity contribution < 1.29 is 0 Å². The van der Waals surface area contributed by atoms with Crippen LogP contribution in [-0.4, -0.2) is 12.9 Å². The fourth-order valence-corrected chi connectivity index (χ4v) is 1.60. The summed E-state index contributed by atoms with van der Waals surface area (Å²) in [5.74, 6) is 0. The third-order valence-corrected chi connectivity index (χ3v) is 2.43. The van der Waals surface area contributed by atoms with Crippen LogP contribution in [0.3, 0.4) is 0 Å². The smallest absolute Gasteiger partial charge is 0.114 e. The van der Waals surface area contributed by atoms with Gasteiger partial charge in [0.25, 0.3) is 0 Å². The molecule has 2 rings (SSSR count). The first-order valence-electron chi connectivity index (χ1n) is 4.76. The van der Waals surface area contributed by atoms with Gasteiger partial charge in [-0.3, -0.25) is 4.99 Å². The molecule has 0 saturated carbocycles. The maximum absolute atomic E-state index is 8.93. The molecule has 0 amide bonds. The minimum atomic E-state index is 0.617. The molecule has 0 radical (unpaired) electrons. The van der Waals surface area contributed by atoms with E-state index in [1.54, 1.807) is 6.21 Å². The van der Waals surface area contributed by atoms with Crippen molar-refractivity contribution in [3.8, 4) is 6.07 Å². The maximum atomic E-state index is 8.93. The lowest BCUT2D eigenvalue weighted by molar-refractivity contribution is 0.963. The van der Waals surface area contributed by atoms with Gasteiger partial charge in [-0.15, -0.1) is 0 Å². The largest absolute Gasteiger partial charge is 0.328 e. The first-order valence-corrected chi connectivity index (χ1v) is 4.76. The molecular formula is C12H11N3. The number of allylic oxidation sites excluding steroid dienone is 1. The van der Waals surface area contributed by atoms with Crippen molar-refractivity contribution >= 4 is 11.9 Å². The normalized spacial score (nSPS) is 14.0. The summed E-state index contributed by atoms with van der Waals surface area (Å²) >= 11 is 0. The Morgan fingerprint density at radius 2 is 2.33 bits per heavy atom. The lowest BCUT2D eigenvalue weighted by atomic mass is 10.1. The minimum absolute atomic E-state index is 0.617. The monoisotopic (exact) mass is 197 g/mol. The summed E-state index contributed by atoms with van der Waals surface area (Å²) in [4.78, 5) is 6.19. The summed E-state index contributed by atoms with van der Waals surface area (Å²) in [5, 5.41) is 8.93. The van der Waals surface area contributed by atoms with Crippen LogP contribution in [0, 0.1) is 18.3 Å². The SMILES string of the molecule is Cc1c(C#N)cccc1N1C=CC=NC1. The first-order chi connectivity index (χ1) is 7.33. The van der Waals surface area contributed by atoms with E-state index in [0.29, 0.717) is 6.67 Å². The molecule has 0 unspecified atom stereocenters. The summed E-state index contributed by atoms with van der Waals surface area (Å²) in [7, 11) is 0. The van der Waals surface area contributed by atoms with E-state index in [-0.39, 0.29) is 0 Å². The third-order valence-electron chi connectivity index (χ3n) is 2.43. The van der Waals surface area contributed by atoms with Gasteiger partial charge in [0.1, 0.15) is 6.67 Å². The van der Waals surface area contributed by atoms with Crippen molar-refractivity contribution in [2.45, 2.75) is 6.92 Å². The van der Waals surface area contributed by atoms with E-state index in [1.165, 1.54) is 0 Å². The van der Waals surface area contributed by atoms with E-state index in [1.807, 2.05) is 42.3 Å². The Hall–Kier alpha value is -2.08. The molecule has 0 spiro atoms. The van der Waals surface area contributed by atoms with Crippen LogP contribution in [0.4, 0.5) is 5.69 Å². The van der Waals surface area contributed by atoms with Crippen molar-refractivity contribution in [2.24, 2.45) is 4.99 Å². The molecule has 1 aromatic carbocycles. The van der Waals surface area contributed by atoms with Crippen LogP contribution < -0.4 is 4.90 Å². The molecule has 1 aliphatic heterocycles. The molecule has 74 valence electrons. The zero-order valence-electron chi connectivity index (χ0n) is 8.51. The molecule has 1 aromatic rings. The summed E-state index contributed by atoms with van der Waals surface area (Å²) in [6, 6.07) is 7.91. The lowest BCUT2D eigenvalue weighted by Crippen LogP contribution is -2.19. The Labute approximate surface area is 89.0 Å². The number of nitrogens with zero attached hydrogens (tertiary/aromatic N) is 3. The predicted octanol–water partition coefficient (Wildman–Crippen LogP) is 2.23. The van der Waals surface area contributed by atoms with Crippen LogP contribution in [0.15, 0.2) is 35.5 Å². The highest BCUT2D eigenvalue weighted by atomic mass is 15.2. The molecule has 0 saturated heterocycles. The highest BCUT2D eigenvalue weighted by Gasteiger charge is 2.09. The first kappa shape index (κ1) is 9.47. The average molecular weight is 197 g/mol. The maximum Gasteiger partial charge on any atom is 0.114 e. The highest BCUT2D eigenvalue weighted by Crippen LogP contribution is 2.23. The van der Waals surface area contributed by atoms with Crippen LogP contribution in [0.25, 0.3) is 0 Å². The Morgan fingerprint density at radius 1 is 1.47 bits per heavy atom. The van der Waals surface area contributed by atoms with E-state index >= 15 is 0 Å². The number of anilines is 1. The van der Waals surface area contributed by atoms with Gasteiger partial charge in [-0.1, -0.05) is 6.07 Å². The summed E-state index contributed by atoms with van der Waals surface area (Å²) in [6.45, 7) is 2.58. The van der Waals surface area contributed by atoms with Crippen LogP contribution in [0.1, 0.15) is 11.1 Å². The molecular weight excluding hydrogens is 186 g/mol. The van der Waals surface area contributed by atoms with Gasteiger partial charge in [0, 0.05) is 18.1 Å². The quantitative estimate of drug-likeness (QED) is 0.692. The van der Waals surface area contributed by atoms with Crippen LogP contribution in [-0.2, 0) is 0 Å². The Morgan fingerprint density at radius 3 is 3.00 bits per heavy atom. The Balaban J connectivity index is 2.41. The van der Waals surface area contributed by atoms with Gasteiger partial charge in [0.2, 0.25) is 0 Å². The molecule has 1 aliphatic rings. The van der Waals surface area contributed by atoms with Gasteiger partial charge >= 0.3 is 0 Å². The molecule has 0 fully saturated rings. The Kier molecular flexibility index (Phi) is 2.51. The summed E-state index contributed by atoms with van der Waals surface area (Å²) < 4.78 is 0. The number of hydrogen-bond acceptors (Lipinski definition) is 3. The van der Waals surface area contributed by atoms with Crippen molar-refractivity contribution in [3.63, 3.8) is 0 Å². The van der Waals surface area contributed by atoms with E-state index in [0.717, 1.165) is 16.8 Å². The zero-order valence-corrected chi connectivity index (χ0v) is 8.51. The van der Waals surface area contributed by atoms with Crippen molar-refractivity contribution in [1.29, 1.82) is 5.26 Å². The number of rotatable bonds is 1. The topological polar surface area (TPSA) is 39.4 Å². The number of nitriles is 1. The zero-order chi connectivity index (χ0) is 10.7. The number of aliphatic imine (C=N–C) groups is 1. The van der Waals surface area contributed by atoms with Gasteiger partial charge in [0.05, 0.1) is 11.6 Å². The summed E-state index contributed by atoms with van der Waals surface area (Å²) in [5.41, 5.74) is 2.76. The second-order valence-corrected chi connectivity index (χ2v) is 3.35.